The number of carbonyl (C=O) groups is 1. The monoisotopic (exact) mass is 246 g/mol. The molecule has 96 valence electrons. The fourth-order valence-electron chi connectivity index (χ4n) is 2.86. The number of nitrogens with zero attached hydrogens (tertiary/aromatic N) is 2. The van der Waals surface area contributed by atoms with Gasteiger partial charge in [-0.15, -0.1) is 0 Å². The number of primary amides is 1. The smallest absolute Gasteiger partial charge is 0.252 e. The van der Waals surface area contributed by atoms with Gasteiger partial charge < -0.3 is 16.4 Å². The summed E-state index contributed by atoms with van der Waals surface area (Å²) in [5.41, 5.74) is 14.2. The number of amides is 1. The Morgan fingerprint density at radius 3 is 2.94 bits per heavy atom. The molecule has 1 aliphatic carbocycles. The van der Waals surface area contributed by atoms with Crippen LogP contribution < -0.4 is 16.4 Å². The van der Waals surface area contributed by atoms with Crippen LogP contribution in [0.5, 0.6) is 0 Å². The average Bonchev–Trinajstić information content (AvgIpc) is 2.94. The van der Waals surface area contributed by atoms with Crippen LogP contribution in [0.15, 0.2) is 6.07 Å². The molecule has 3 rings (SSSR count). The lowest BCUT2D eigenvalue weighted by molar-refractivity contribution is 0.100. The molecule has 0 bridgehead atoms. The standard InChI is InChI=1S/C13H18N4O/c14-9-4-5-17(7-9)13-10(12(15)18)6-8-2-1-3-11(8)16-13/h6,9H,1-5,7,14H2,(H2,15,18). The topological polar surface area (TPSA) is 85.2 Å². The van der Waals surface area contributed by atoms with Crippen molar-refractivity contribution in [1.29, 1.82) is 0 Å². The van der Waals surface area contributed by atoms with Crippen LogP contribution in [0.1, 0.15) is 34.5 Å². The van der Waals surface area contributed by atoms with E-state index in [1.165, 1.54) is 5.56 Å². The molecule has 0 spiro atoms. The molecule has 1 aromatic heterocycles. The normalized spacial score (nSPS) is 22.3. The van der Waals surface area contributed by atoms with Crippen molar-refractivity contribution in [2.75, 3.05) is 18.0 Å². The summed E-state index contributed by atoms with van der Waals surface area (Å²) in [6.07, 6.45) is 4.06. The fourth-order valence-corrected chi connectivity index (χ4v) is 2.86. The van der Waals surface area contributed by atoms with E-state index in [-0.39, 0.29) is 6.04 Å². The summed E-state index contributed by atoms with van der Waals surface area (Å²) >= 11 is 0. The molecule has 1 unspecified atom stereocenters. The van der Waals surface area contributed by atoms with E-state index < -0.39 is 5.91 Å². The third-order valence-corrected chi connectivity index (χ3v) is 3.82. The third-order valence-electron chi connectivity index (χ3n) is 3.82. The summed E-state index contributed by atoms with van der Waals surface area (Å²) in [5, 5.41) is 0. The number of carbonyl (C=O) groups excluding carboxylic acids is 1. The maximum atomic E-state index is 11.6. The molecule has 1 amide bonds. The number of nitrogens with two attached hydrogens (primary N) is 2. The first-order chi connectivity index (χ1) is 8.65. The summed E-state index contributed by atoms with van der Waals surface area (Å²) in [4.78, 5) is 18.3. The Labute approximate surface area is 106 Å². The number of anilines is 1. The molecule has 18 heavy (non-hydrogen) atoms. The van der Waals surface area contributed by atoms with Crippen LogP contribution in [0, 0.1) is 0 Å². The SMILES string of the molecule is NC(=O)c1cc2c(nc1N1CCC(N)C1)CCC2. The zero-order valence-corrected chi connectivity index (χ0v) is 10.4. The fraction of sp³-hybridized carbons (Fsp3) is 0.538. The predicted octanol–water partition coefficient (Wildman–Crippen LogP) is 0.207. The highest BCUT2D eigenvalue weighted by Crippen LogP contribution is 2.28. The molecular weight excluding hydrogens is 228 g/mol. The Morgan fingerprint density at radius 1 is 1.44 bits per heavy atom. The van der Waals surface area contributed by atoms with Crippen molar-refractivity contribution in [3.8, 4) is 0 Å². The molecule has 0 saturated carbocycles. The maximum absolute atomic E-state index is 11.6. The highest BCUT2D eigenvalue weighted by molar-refractivity contribution is 5.98. The Kier molecular flexibility index (Phi) is 2.70. The van der Waals surface area contributed by atoms with Crippen LogP contribution in [0.2, 0.25) is 0 Å². The molecule has 1 fully saturated rings. The number of aromatic nitrogens is 1. The van der Waals surface area contributed by atoms with Crippen LogP contribution in [0.4, 0.5) is 5.82 Å². The van der Waals surface area contributed by atoms with Crippen LogP contribution in [-0.4, -0.2) is 30.0 Å². The summed E-state index contributed by atoms with van der Waals surface area (Å²) in [6, 6.07) is 2.09. The van der Waals surface area contributed by atoms with Crippen LogP contribution in [-0.2, 0) is 12.8 Å². The van der Waals surface area contributed by atoms with Crippen LogP contribution in [0.25, 0.3) is 0 Å². The number of pyridine rings is 1. The molecule has 5 heteroatoms. The van der Waals surface area contributed by atoms with Gasteiger partial charge in [0.1, 0.15) is 5.82 Å². The van der Waals surface area contributed by atoms with Crippen molar-refractivity contribution >= 4 is 11.7 Å². The second kappa shape index (κ2) is 4.24. The van der Waals surface area contributed by atoms with Gasteiger partial charge in [0.05, 0.1) is 5.56 Å². The van der Waals surface area contributed by atoms with Crippen molar-refractivity contribution in [2.45, 2.75) is 31.7 Å². The zero-order chi connectivity index (χ0) is 12.7. The van der Waals surface area contributed by atoms with Gasteiger partial charge >= 0.3 is 0 Å². The van der Waals surface area contributed by atoms with Crippen molar-refractivity contribution in [1.82, 2.24) is 4.98 Å². The number of aryl methyl sites for hydroxylation is 2. The van der Waals surface area contributed by atoms with Crippen LogP contribution in [0.3, 0.4) is 0 Å². The highest BCUT2D eigenvalue weighted by atomic mass is 16.1. The minimum atomic E-state index is -0.396. The van der Waals surface area contributed by atoms with E-state index in [2.05, 4.69) is 9.88 Å². The van der Waals surface area contributed by atoms with Gasteiger partial charge in [0.25, 0.3) is 5.91 Å². The van der Waals surface area contributed by atoms with Gasteiger partial charge in [0.2, 0.25) is 0 Å². The molecule has 1 atom stereocenters. The molecular formula is C13H18N4O. The molecule has 0 radical (unpaired) electrons. The summed E-state index contributed by atoms with van der Waals surface area (Å²) in [7, 11) is 0. The lowest BCUT2D eigenvalue weighted by Gasteiger charge is -2.20. The molecule has 1 aliphatic heterocycles. The van der Waals surface area contributed by atoms with Crippen molar-refractivity contribution in [3.63, 3.8) is 0 Å². The average molecular weight is 246 g/mol. The highest BCUT2D eigenvalue weighted by Gasteiger charge is 2.26. The molecule has 2 aliphatic rings. The molecule has 2 heterocycles. The largest absolute Gasteiger partial charge is 0.365 e. The van der Waals surface area contributed by atoms with E-state index in [1.807, 2.05) is 6.07 Å². The van der Waals surface area contributed by atoms with E-state index in [9.17, 15) is 4.79 Å². The number of fused-ring (bicyclic) bond motifs is 1. The Morgan fingerprint density at radius 2 is 2.28 bits per heavy atom. The lowest BCUT2D eigenvalue weighted by Crippen LogP contribution is -2.29. The first-order valence-corrected chi connectivity index (χ1v) is 6.48. The molecule has 1 aromatic rings. The molecule has 4 N–H and O–H groups in total. The quantitative estimate of drug-likeness (QED) is 0.781. The Balaban J connectivity index is 2.04. The Hall–Kier alpha value is -1.62. The van der Waals surface area contributed by atoms with Gasteiger partial charge in [-0.05, 0) is 37.3 Å². The summed E-state index contributed by atoms with van der Waals surface area (Å²) in [5.74, 6) is 0.337. The van der Waals surface area contributed by atoms with E-state index in [0.717, 1.165) is 50.3 Å². The first kappa shape index (κ1) is 11.5. The van der Waals surface area contributed by atoms with E-state index in [0.29, 0.717) is 5.56 Å². The Bertz CT molecular complexity index is 500. The minimum absolute atomic E-state index is 0.167. The van der Waals surface area contributed by atoms with Gasteiger partial charge in [-0.2, -0.15) is 0 Å². The molecule has 1 saturated heterocycles. The van der Waals surface area contributed by atoms with E-state index >= 15 is 0 Å². The van der Waals surface area contributed by atoms with E-state index in [4.69, 9.17) is 11.5 Å². The summed E-state index contributed by atoms with van der Waals surface area (Å²) < 4.78 is 0. The number of rotatable bonds is 2. The lowest BCUT2D eigenvalue weighted by atomic mass is 10.1. The van der Waals surface area contributed by atoms with Crippen LogP contribution >= 0.6 is 0 Å². The van der Waals surface area contributed by atoms with Gasteiger partial charge in [0, 0.05) is 24.8 Å². The van der Waals surface area contributed by atoms with Crippen molar-refractivity contribution in [3.05, 3.63) is 22.9 Å². The zero-order valence-electron chi connectivity index (χ0n) is 10.4. The second-order valence-corrected chi connectivity index (χ2v) is 5.18. The van der Waals surface area contributed by atoms with Gasteiger partial charge in [0.15, 0.2) is 0 Å². The number of hydrogen-bond acceptors (Lipinski definition) is 4. The molecule has 5 nitrogen and oxygen atoms in total. The van der Waals surface area contributed by atoms with Crippen molar-refractivity contribution < 1.29 is 4.79 Å². The third kappa shape index (κ3) is 1.84. The van der Waals surface area contributed by atoms with Crippen molar-refractivity contribution in [2.24, 2.45) is 11.5 Å². The molecule has 0 aromatic carbocycles. The predicted molar refractivity (Wildman–Crippen MR) is 69.6 cm³/mol. The minimum Gasteiger partial charge on any atom is -0.365 e. The maximum Gasteiger partial charge on any atom is 0.252 e. The van der Waals surface area contributed by atoms with Gasteiger partial charge in [-0.1, -0.05) is 0 Å². The van der Waals surface area contributed by atoms with Gasteiger partial charge in [-0.3, -0.25) is 4.79 Å². The number of hydrogen-bond donors (Lipinski definition) is 2. The van der Waals surface area contributed by atoms with Gasteiger partial charge in [-0.25, -0.2) is 4.98 Å². The first-order valence-electron chi connectivity index (χ1n) is 6.48. The second-order valence-electron chi connectivity index (χ2n) is 5.18. The summed E-state index contributed by atoms with van der Waals surface area (Å²) in [6.45, 7) is 1.61. The van der Waals surface area contributed by atoms with E-state index in [1.54, 1.807) is 0 Å².